The molecule has 16 heavy (non-hydrogen) atoms. The van der Waals surface area contributed by atoms with Crippen molar-refractivity contribution in [2.45, 2.75) is 33.1 Å². The summed E-state index contributed by atoms with van der Waals surface area (Å²) in [6.07, 6.45) is 3.89. The molecule has 1 nitrogen and oxygen atoms in total. The normalized spacial score (nSPS) is 11.7. The van der Waals surface area contributed by atoms with Crippen LogP contribution in [0.5, 0.6) is 0 Å². The van der Waals surface area contributed by atoms with E-state index in [4.69, 9.17) is 0 Å². The molecule has 0 saturated heterocycles. The second kappa shape index (κ2) is 6.70. The highest BCUT2D eigenvalue weighted by Gasteiger charge is 2.14. The topological polar surface area (TPSA) is 0 Å². The predicted octanol–water partition coefficient (Wildman–Crippen LogP) is 3.50. The van der Waals surface area contributed by atoms with Crippen LogP contribution in [0.2, 0.25) is 0 Å². The van der Waals surface area contributed by atoms with E-state index in [9.17, 15) is 0 Å². The number of hydrogen-bond acceptors (Lipinski definition) is 0. The van der Waals surface area contributed by atoms with E-state index >= 15 is 0 Å². The molecule has 0 saturated carbocycles. The molecule has 0 radical (unpaired) electrons. The minimum absolute atomic E-state index is 1.22. The van der Waals surface area contributed by atoms with Gasteiger partial charge in [0.2, 0.25) is 0 Å². The van der Waals surface area contributed by atoms with Crippen molar-refractivity contribution in [3.8, 4) is 0 Å². The molecule has 1 rings (SSSR count). The van der Waals surface area contributed by atoms with E-state index in [1.54, 1.807) is 0 Å². The third-order valence-electron chi connectivity index (χ3n) is 3.78. The minimum atomic E-state index is 1.22. The van der Waals surface area contributed by atoms with Gasteiger partial charge in [0.1, 0.15) is 0 Å². The molecule has 0 aliphatic heterocycles. The number of quaternary nitrogens is 1. The van der Waals surface area contributed by atoms with Gasteiger partial charge in [0.05, 0.1) is 26.7 Å². The first-order valence-electron chi connectivity index (χ1n) is 6.57. The van der Waals surface area contributed by atoms with Gasteiger partial charge in [-0.1, -0.05) is 30.3 Å². The molecule has 0 atom stereocenters. The highest BCUT2D eigenvalue weighted by atomic mass is 15.3. The lowest BCUT2D eigenvalue weighted by molar-refractivity contribution is -0.906. The first kappa shape index (κ1) is 13.2. The van der Waals surface area contributed by atoms with Crippen molar-refractivity contribution >= 4 is 0 Å². The number of unbranched alkanes of at least 4 members (excludes halogenated alkanes) is 1. The molecular formula is C15H26N+. The molecule has 0 amide bonds. The largest absolute Gasteiger partial charge is 0.327 e. The van der Waals surface area contributed by atoms with Gasteiger partial charge in [-0.3, -0.25) is 0 Å². The Labute approximate surface area is 101 Å². The second-order valence-electron chi connectivity index (χ2n) is 4.92. The number of aryl methyl sites for hydroxylation is 1. The van der Waals surface area contributed by atoms with Crippen LogP contribution >= 0.6 is 0 Å². The van der Waals surface area contributed by atoms with Crippen LogP contribution in [0.3, 0.4) is 0 Å². The van der Waals surface area contributed by atoms with Gasteiger partial charge in [0, 0.05) is 0 Å². The van der Waals surface area contributed by atoms with Gasteiger partial charge in [0.15, 0.2) is 0 Å². The molecule has 0 bridgehead atoms. The Morgan fingerprint density at radius 1 is 0.938 bits per heavy atom. The molecule has 1 aromatic rings. The van der Waals surface area contributed by atoms with Gasteiger partial charge in [-0.15, -0.1) is 0 Å². The summed E-state index contributed by atoms with van der Waals surface area (Å²) in [5.74, 6) is 0. The van der Waals surface area contributed by atoms with Crippen LogP contribution in [-0.2, 0) is 6.42 Å². The monoisotopic (exact) mass is 220 g/mol. The zero-order valence-corrected chi connectivity index (χ0v) is 11.1. The molecular weight excluding hydrogens is 194 g/mol. The second-order valence-corrected chi connectivity index (χ2v) is 4.92. The van der Waals surface area contributed by atoms with Gasteiger partial charge in [-0.2, -0.15) is 0 Å². The Kier molecular flexibility index (Phi) is 5.54. The minimum Gasteiger partial charge on any atom is -0.327 e. The summed E-state index contributed by atoms with van der Waals surface area (Å²) in [5.41, 5.74) is 1.48. The zero-order valence-electron chi connectivity index (χ0n) is 11.1. The van der Waals surface area contributed by atoms with Gasteiger partial charge in [-0.05, 0) is 38.7 Å². The number of nitrogens with zero attached hydrogens (tertiary/aromatic N) is 1. The third-order valence-corrected chi connectivity index (χ3v) is 3.78. The highest BCUT2D eigenvalue weighted by molar-refractivity contribution is 5.14. The maximum Gasteiger partial charge on any atom is 0.0784 e. The fraction of sp³-hybridized carbons (Fsp3) is 0.600. The Morgan fingerprint density at radius 2 is 1.56 bits per heavy atom. The van der Waals surface area contributed by atoms with Crippen molar-refractivity contribution in [3.63, 3.8) is 0 Å². The van der Waals surface area contributed by atoms with Gasteiger partial charge in [-0.25, -0.2) is 0 Å². The van der Waals surface area contributed by atoms with Crippen molar-refractivity contribution in [2.24, 2.45) is 0 Å². The molecule has 1 heteroatoms. The van der Waals surface area contributed by atoms with Crippen LogP contribution in [0.15, 0.2) is 30.3 Å². The molecule has 0 aromatic heterocycles. The summed E-state index contributed by atoms with van der Waals surface area (Å²) in [6.45, 7) is 8.41. The first-order chi connectivity index (χ1) is 7.70. The average molecular weight is 220 g/mol. The van der Waals surface area contributed by atoms with E-state index < -0.39 is 0 Å². The molecule has 0 spiro atoms. The number of hydrogen-bond donors (Lipinski definition) is 0. The summed E-state index contributed by atoms with van der Waals surface area (Å²) in [7, 11) is 2.36. The van der Waals surface area contributed by atoms with E-state index in [2.05, 4.69) is 51.2 Å². The van der Waals surface area contributed by atoms with Crippen LogP contribution in [-0.4, -0.2) is 31.2 Å². The Morgan fingerprint density at radius 3 is 2.12 bits per heavy atom. The summed E-state index contributed by atoms with van der Waals surface area (Å²) < 4.78 is 1.22. The van der Waals surface area contributed by atoms with Crippen molar-refractivity contribution in [2.75, 3.05) is 26.7 Å². The molecule has 0 aliphatic carbocycles. The first-order valence-corrected chi connectivity index (χ1v) is 6.57. The van der Waals surface area contributed by atoms with Crippen molar-refractivity contribution in [1.29, 1.82) is 0 Å². The van der Waals surface area contributed by atoms with Crippen molar-refractivity contribution in [3.05, 3.63) is 35.9 Å². The van der Waals surface area contributed by atoms with Crippen molar-refractivity contribution < 1.29 is 4.48 Å². The summed E-state index contributed by atoms with van der Waals surface area (Å²) in [5, 5.41) is 0. The van der Waals surface area contributed by atoms with E-state index in [0.29, 0.717) is 0 Å². The van der Waals surface area contributed by atoms with E-state index in [1.807, 2.05) is 0 Å². The maximum absolute atomic E-state index is 2.36. The smallest absolute Gasteiger partial charge is 0.0784 e. The lowest BCUT2D eigenvalue weighted by Crippen LogP contribution is -2.44. The number of rotatable bonds is 7. The molecule has 0 unspecified atom stereocenters. The zero-order chi connectivity index (χ0) is 11.9. The van der Waals surface area contributed by atoms with Gasteiger partial charge < -0.3 is 4.48 Å². The molecule has 0 N–H and O–H groups in total. The van der Waals surface area contributed by atoms with Crippen LogP contribution < -0.4 is 0 Å². The van der Waals surface area contributed by atoms with Crippen LogP contribution in [0.1, 0.15) is 32.3 Å². The standard InChI is InChI=1S/C15H26N/c1-4-16(3,5-2)14-10-9-13-15-11-7-6-8-12-15/h6-8,11-12H,4-5,9-10,13-14H2,1-3H3/q+1. The van der Waals surface area contributed by atoms with E-state index in [-0.39, 0.29) is 0 Å². The molecule has 0 heterocycles. The Balaban J connectivity index is 2.22. The third kappa shape index (κ3) is 4.36. The van der Waals surface area contributed by atoms with E-state index in [0.717, 1.165) is 0 Å². The maximum atomic E-state index is 2.36. The van der Waals surface area contributed by atoms with E-state index in [1.165, 1.54) is 48.9 Å². The molecule has 0 aliphatic rings. The lowest BCUT2D eigenvalue weighted by atomic mass is 10.1. The van der Waals surface area contributed by atoms with Gasteiger partial charge in [0.25, 0.3) is 0 Å². The van der Waals surface area contributed by atoms with Crippen LogP contribution in [0.25, 0.3) is 0 Å². The molecule has 90 valence electrons. The quantitative estimate of drug-likeness (QED) is 0.487. The summed E-state index contributed by atoms with van der Waals surface area (Å²) in [6, 6.07) is 10.8. The average Bonchev–Trinajstić information content (AvgIpc) is 2.36. The predicted molar refractivity (Wildman–Crippen MR) is 71.5 cm³/mol. The highest BCUT2D eigenvalue weighted by Crippen LogP contribution is 2.08. The summed E-state index contributed by atoms with van der Waals surface area (Å²) >= 11 is 0. The fourth-order valence-electron chi connectivity index (χ4n) is 2.01. The van der Waals surface area contributed by atoms with Crippen LogP contribution in [0, 0.1) is 0 Å². The lowest BCUT2D eigenvalue weighted by Gasteiger charge is -2.32. The SMILES string of the molecule is CC[N+](C)(CC)CCCCc1ccccc1. The van der Waals surface area contributed by atoms with Crippen molar-refractivity contribution in [1.82, 2.24) is 0 Å². The Hall–Kier alpha value is -0.820. The Bertz CT molecular complexity index is 275. The fourth-order valence-corrected chi connectivity index (χ4v) is 2.01. The summed E-state index contributed by atoms with van der Waals surface area (Å²) in [4.78, 5) is 0. The molecule has 1 aromatic carbocycles. The van der Waals surface area contributed by atoms with Crippen LogP contribution in [0.4, 0.5) is 0 Å². The molecule has 0 fully saturated rings. The number of benzene rings is 1. The van der Waals surface area contributed by atoms with Gasteiger partial charge >= 0.3 is 0 Å².